The lowest BCUT2D eigenvalue weighted by Gasteiger charge is -2.13. The maximum absolute atomic E-state index is 13.7. The normalized spacial score (nSPS) is 18.5. The van der Waals surface area contributed by atoms with Crippen molar-refractivity contribution in [3.05, 3.63) is 70.0 Å². The van der Waals surface area contributed by atoms with E-state index in [9.17, 15) is 12.8 Å². The summed E-state index contributed by atoms with van der Waals surface area (Å²) in [7, 11) is -3.22. The summed E-state index contributed by atoms with van der Waals surface area (Å²) in [4.78, 5) is 4.55. The number of nitrogens with zero attached hydrogens (tertiary/aromatic N) is 1. The standard InChI is InChI=1S/C21H25ClFN3O2S.HI/c1-3-24-21(26-20-11-19(20)14-5-4-6-17(22)9-14)25-12-16-10-18(23)8-7-15(16)13-29(2,27)28;/h4-10,19-20H,3,11-13H2,1-2H3,(H2,24,25,26);1H. The Morgan fingerprint density at radius 1 is 1.23 bits per heavy atom. The molecule has 2 aromatic rings. The van der Waals surface area contributed by atoms with Gasteiger partial charge < -0.3 is 10.6 Å². The molecule has 1 saturated carbocycles. The fraction of sp³-hybridized carbons (Fsp3) is 0.381. The van der Waals surface area contributed by atoms with Crippen molar-refractivity contribution in [3.63, 3.8) is 0 Å². The molecule has 0 radical (unpaired) electrons. The maximum atomic E-state index is 13.7. The van der Waals surface area contributed by atoms with Gasteiger partial charge in [-0.2, -0.15) is 0 Å². The quantitative estimate of drug-likeness (QED) is 0.299. The monoisotopic (exact) mass is 565 g/mol. The molecule has 2 aromatic carbocycles. The average Bonchev–Trinajstić information content (AvgIpc) is 3.40. The number of hydrogen-bond acceptors (Lipinski definition) is 3. The van der Waals surface area contributed by atoms with Crippen LogP contribution in [0.25, 0.3) is 0 Å². The third-order valence-corrected chi connectivity index (χ3v) is 5.80. The van der Waals surface area contributed by atoms with Crippen molar-refractivity contribution in [2.45, 2.75) is 37.6 Å². The number of guanidine groups is 1. The van der Waals surface area contributed by atoms with Crippen LogP contribution in [0.1, 0.15) is 36.0 Å². The van der Waals surface area contributed by atoms with Crippen LogP contribution >= 0.6 is 35.6 Å². The maximum Gasteiger partial charge on any atom is 0.191 e. The Labute approximate surface area is 199 Å². The van der Waals surface area contributed by atoms with Gasteiger partial charge in [0.05, 0.1) is 12.3 Å². The van der Waals surface area contributed by atoms with Gasteiger partial charge in [-0.25, -0.2) is 17.8 Å². The first-order valence-corrected chi connectivity index (χ1v) is 11.9. The second-order valence-corrected chi connectivity index (χ2v) is 9.90. The molecule has 1 fully saturated rings. The third-order valence-electron chi connectivity index (χ3n) is 4.73. The van der Waals surface area contributed by atoms with E-state index in [-0.39, 0.29) is 42.3 Å². The molecule has 2 atom stereocenters. The van der Waals surface area contributed by atoms with Crippen LogP contribution < -0.4 is 10.6 Å². The van der Waals surface area contributed by atoms with Crippen molar-refractivity contribution in [1.29, 1.82) is 0 Å². The minimum atomic E-state index is -3.22. The highest BCUT2D eigenvalue weighted by Gasteiger charge is 2.39. The number of benzene rings is 2. The molecule has 9 heteroatoms. The highest BCUT2D eigenvalue weighted by molar-refractivity contribution is 14.0. The topological polar surface area (TPSA) is 70.6 Å². The predicted octanol–water partition coefficient (Wildman–Crippen LogP) is 4.25. The first-order valence-electron chi connectivity index (χ1n) is 9.50. The van der Waals surface area contributed by atoms with Crippen molar-refractivity contribution in [2.75, 3.05) is 12.8 Å². The van der Waals surface area contributed by atoms with Gasteiger partial charge in [0.15, 0.2) is 15.8 Å². The van der Waals surface area contributed by atoms with Crippen LogP contribution in [0.3, 0.4) is 0 Å². The highest BCUT2D eigenvalue weighted by atomic mass is 127. The summed E-state index contributed by atoms with van der Waals surface area (Å²) < 4.78 is 37.0. The molecule has 30 heavy (non-hydrogen) atoms. The summed E-state index contributed by atoms with van der Waals surface area (Å²) in [5, 5.41) is 7.31. The highest BCUT2D eigenvalue weighted by Crippen LogP contribution is 2.41. The molecule has 5 nitrogen and oxygen atoms in total. The van der Waals surface area contributed by atoms with E-state index in [0.717, 1.165) is 17.7 Å². The number of rotatable bonds is 7. The average molecular weight is 566 g/mol. The lowest BCUT2D eigenvalue weighted by Crippen LogP contribution is -2.39. The van der Waals surface area contributed by atoms with E-state index < -0.39 is 15.7 Å². The van der Waals surface area contributed by atoms with Gasteiger partial charge in [0.1, 0.15) is 5.82 Å². The van der Waals surface area contributed by atoms with Gasteiger partial charge in [-0.15, -0.1) is 24.0 Å². The second kappa shape index (κ2) is 10.8. The number of nitrogens with one attached hydrogen (secondary N) is 2. The molecule has 0 spiro atoms. The predicted molar refractivity (Wildman–Crippen MR) is 131 cm³/mol. The number of hydrogen-bond donors (Lipinski definition) is 2. The van der Waals surface area contributed by atoms with Gasteiger partial charge in [0.25, 0.3) is 0 Å². The fourth-order valence-corrected chi connectivity index (χ4v) is 4.33. The zero-order valence-electron chi connectivity index (χ0n) is 16.9. The summed E-state index contributed by atoms with van der Waals surface area (Å²) in [6.45, 7) is 2.84. The molecule has 0 aromatic heterocycles. The van der Waals surface area contributed by atoms with Crippen molar-refractivity contribution < 1.29 is 12.8 Å². The molecule has 1 aliphatic carbocycles. The lowest BCUT2D eigenvalue weighted by molar-refractivity contribution is 0.600. The molecule has 164 valence electrons. The van der Waals surface area contributed by atoms with Crippen LogP contribution in [0.15, 0.2) is 47.5 Å². The lowest BCUT2D eigenvalue weighted by atomic mass is 10.1. The summed E-state index contributed by atoms with van der Waals surface area (Å²) in [6, 6.07) is 12.2. The van der Waals surface area contributed by atoms with Crippen molar-refractivity contribution in [2.24, 2.45) is 4.99 Å². The van der Waals surface area contributed by atoms with Crippen LogP contribution in [0, 0.1) is 5.82 Å². The van der Waals surface area contributed by atoms with Crippen LogP contribution in [-0.2, 0) is 22.1 Å². The van der Waals surface area contributed by atoms with E-state index >= 15 is 0 Å². The molecule has 0 aliphatic heterocycles. The summed E-state index contributed by atoms with van der Waals surface area (Å²) >= 11 is 6.08. The van der Waals surface area contributed by atoms with E-state index in [1.165, 1.54) is 23.8 Å². The van der Waals surface area contributed by atoms with E-state index in [1.54, 1.807) is 0 Å². The number of halogens is 3. The van der Waals surface area contributed by atoms with E-state index in [4.69, 9.17) is 11.6 Å². The Morgan fingerprint density at radius 2 is 2.00 bits per heavy atom. The molecule has 2 N–H and O–H groups in total. The van der Waals surface area contributed by atoms with Crippen LogP contribution in [0.4, 0.5) is 4.39 Å². The Balaban J connectivity index is 0.00000320. The van der Waals surface area contributed by atoms with E-state index in [1.807, 2.05) is 25.1 Å². The van der Waals surface area contributed by atoms with Gasteiger partial charge in [0, 0.05) is 29.8 Å². The summed E-state index contributed by atoms with van der Waals surface area (Å²) in [6.07, 6.45) is 2.14. The number of aliphatic imine (C=N–C) groups is 1. The first kappa shape index (κ1) is 24.9. The summed E-state index contributed by atoms with van der Waals surface area (Å²) in [5.41, 5.74) is 2.32. The molecule has 0 saturated heterocycles. The largest absolute Gasteiger partial charge is 0.357 e. The van der Waals surface area contributed by atoms with Crippen molar-refractivity contribution in [3.8, 4) is 0 Å². The van der Waals surface area contributed by atoms with Gasteiger partial charge in [-0.05, 0) is 54.3 Å². The fourth-order valence-electron chi connectivity index (χ4n) is 3.28. The Bertz CT molecular complexity index is 1020. The van der Waals surface area contributed by atoms with Gasteiger partial charge in [0.2, 0.25) is 0 Å². The molecular formula is C21H26ClFIN3O2S. The molecule has 3 rings (SSSR count). The molecule has 1 aliphatic rings. The number of sulfone groups is 1. The zero-order chi connectivity index (χ0) is 21.0. The molecule has 2 unspecified atom stereocenters. The molecular weight excluding hydrogens is 540 g/mol. The van der Waals surface area contributed by atoms with Crippen LogP contribution in [0.5, 0.6) is 0 Å². The Morgan fingerprint density at radius 3 is 2.67 bits per heavy atom. The summed E-state index contributed by atoms with van der Waals surface area (Å²) in [5.74, 6) is 0.444. The van der Waals surface area contributed by atoms with E-state index in [0.29, 0.717) is 29.5 Å². The molecule has 0 bridgehead atoms. The minimum absolute atomic E-state index is 0. The van der Waals surface area contributed by atoms with Crippen molar-refractivity contribution >= 4 is 51.4 Å². The zero-order valence-corrected chi connectivity index (χ0v) is 20.8. The second-order valence-electron chi connectivity index (χ2n) is 7.33. The molecule has 0 heterocycles. The first-order chi connectivity index (χ1) is 13.7. The van der Waals surface area contributed by atoms with Crippen molar-refractivity contribution in [1.82, 2.24) is 10.6 Å². The van der Waals surface area contributed by atoms with Crippen LogP contribution in [0.2, 0.25) is 5.02 Å². The smallest absolute Gasteiger partial charge is 0.191 e. The van der Waals surface area contributed by atoms with Gasteiger partial charge >= 0.3 is 0 Å². The molecule has 0 amide bonds. The van der Waals surface area contributed by atoms with Crippen LogP contribution in [-0.4, -0.2) is 33.2 Å². The third kappa shape index (κ3) is 7.39. The SMILES string of the molecule is CCNC(=NCc1cc(F)ccc1CS(C)(=O)=O)NC1CC1c1cccc(Cl)c1.I. The van der Waals surface area contributed by atoms with Gasteiger partial charge in [-0.1, -0.05) is 29.8 Å². The Kier molecular flexibility index (Phi) is 8.93. The Hall–Kier alpha value is -1.39. The minimum Gasteiger partial charge on any atom is -0.357 e. The van der Waals surface area contributed by atoms with E-state index in [2.05, 4.69) is 21.7 Å². The van der Waals surface area contributed by atoms with Gasteiger partial charge in [-0.3, -0.25) is 0 Å².